The van der Waals surface area contributed by atoms with E-state index in [1.165, 1.54) is 6.07 Å². The van der Waals surface area contributed by atoms with Crippen molar-refractivity contribution in [2.24, 2.45) is 0 Å². The molecule has 0 aliphatic rings. The van der Waals surface area contributed by atoms with Gasteiger partial charge in [0.25, 0.3) is 0 Å². The number of halogens is 2. The van der Waals surface area contributed by atoms with Crippen molar-refractivity contribution < 1.29 is 13.5 Å². The Balaban J connectivity index is 2.38. The first-order valence-corrected chi connectivity index (χ1v) is 6.26. The predicted molar refractivity (Wildman–Crippen MR) is 72.9 cm³/mol. The fourth-order valence-corrected chi connectivity index (χ4v) is 1.96. The van der Waals surface area contributed by atoms with Crippen LogP contribution in [-0.2, 0) is 6.54 Å². The van der Waals surface area contributed by atoms with Gasteiger partial charge < -0.3 is 10.1 Å². The Morgan fingerprint density at radius 2 is 1.90 bits per heavy atom. The van der Waals surface area contributed by atoms with Gasteiger partial charge in [-0.15, -0.1) is 0 Å². The molecule has 0 saturated carbocycles. The number of rotatable bonds is 4. The summed E-state index contributed by atoms with van der Waals surface area (Å²) in [6.45, 7) is 4.39. The van der Waals surface area contributed by atoms with Gasteiger partial charge in [0.05, 0.1) is 0 Å². The molecule has 3 nitrogen and oxygen atoms in total. The smallest absolute Gasteiger partial charge is 0.224 e. The van der Waals surface area contributed by atoms with E-state index in [0.717, 1.165) is 29.0 Å². The Morgan fingerprint density at radius 1 is 1.15 bits per heavy atom. The van der Waals surface area contributed by atoms with Crippen molar-refractivity contribution in [3.05, 3.63) is 52.7 Å². The zero-order valence-electron chi connectivity index (χ0n) is 11.6. The number of pyridine rings is 1. The Bertz CT molecular complexity index is 630. The number of ether oxygens (including phenoxy) is 1. The zero-order chi connectivity index (χ0) is 14.7. The van der Waals surface area contributed by atoms with Crippen LogP contribution in [0.3, 0.4) is 0 Å². The largest absolute Gasteiger partial charge is 0.439 e. The monoisotopic (exact) mass is 278 g/mol. The molecule has 0 aliphatic carbocycles. The highest BCUT2D eigenvalue weighted by atomic mass is 19.2. The highest BCUT2D eigenvalue weighted by Gasteiger charge is 2.12. The van der Waals surface area contributed by atoms with E-state index in [0.29, 0.717) is 12.4 Å². The first-order valence-electron chi connectivity index (χ1n) is 6.26. The average molecular weight is 278 g/mol. The highest BCUT2D eigenvalue weighted by Crippen LogP contribution is 2.27. The Morgan fingerprint density at radius 3 is 2.55 bits per heavy atom. The van der Waals surface area contributed by atoms with Crippen LogP contribution in [0.25, 0.3) is 0 Å². The van der Waals surface area contributed by atoms with Crippen molar-refractivity contribution in [2.45, 2.75) is 20.4 Å². The van der Waals surface area contributed by atoms with E-state index >= 15 is 0 Å². The molecule has 1 heterocycles. The quantitative estimate of drug-likeness (QED) is 0.929. The second kappa shape index (κ2) is 5.96. The van der Waals surface area contributed by atoms with Crippen LogP contribution in [0, 0.1) is 25.5 Å². The minimum absolute atomic E-state index is 0.221. The number of nitrogens with zero attached hydrogens (tertiary/aromatic N) is 1. The van der Waals surface area contributed by atoms with Crippen molar-refractivity contribution in [2.75, 3.05) is 7.05 Å². The predicted octanol–water partition coefficient (Wildman–Crippen LogP) is 3.49. The van der Waals surface area contributed by atoms with E-state index in [-0.39, 0.29) is 5.75 Å². The van der Waals surface area contributed by atoms with Crippen LogP contribution in [-0.4, -0.2) is 12.0 Å². The molecule has 106 valence electrons. The normalized spacial score (nSPS) is 10.7. The van der Waals surface area contributed by atoms with Gasteiger partial charge in [0, 0.05) is 23.9 Å². The summed E-state index contributed by atoms with van der Waals surface area (Å²) in [7, 11) is 1.82. The first-order chi connectivity index (χ1) is 9.51. The lowest BCUT2D eigenvalue weighted by Gasteiger charge is -2.13. The molecule has 1 N–H and O–H groups in total. The van der Waals surface area contributed by atoms with Gasteiger partial charge in [0.2, 0.25) is 5.88 Å². The highest BCUT2D eigenvalue weighted by molar-refractivity contribution is 5.39. The van der Waals surface area contributed by atoms with Gasteiger partial charge in [0.15, 0.2) is 11.6 Å². The van der Waals surface area contributed by atoms with Crippen molar-refractivity contribution >= 4 is 0 Å². The molecule has 0 unspecified atom stereocenters. The molecule has 0 spiro atoms. The molecule has 1 aromatic heterocycles. The molecule has 0 aliphatic heterocycles. The lowest BCUT2D eigenvalue weighted by atomic mass is 10.1. The van der Waals surface area contributed by atoms with Crippen LogP contribution < -0.4 is 10.1 Å². The summed E-state index contributed by atoms with van der Waals surface area (Å²) >= 11 is 0. The van der Waals surface area contributed by atoms with E-state index < -0.39 is 11.6 Å². The Hall–Kier alpha value is -2.01. The van der Waals surface area contributed by atoms with E-state index in [9.17, 15) is 8.78 Å². The lowest BCUT2D eigenvalue weighted by Crippen LogP contribution is -2.09. The van der Waals surface area contributed by atoms with Gasteiger partial charge in [-0.3, -0.25) is 0 Å². The molecule has 0 bridgehead atoms. The molecule has 0 amide bonds. The van der Waals surface area contributed by atoms with Crippen molar-refractivity contribution in [1.29, 1.82) is 0 Å². The summed E-state index contributed by atoms with van der Waals surface area (Å²) in [6.07, 6.45) is 0. The maximum absolute atomic E-state index is 13.2. The third-order valence-corrected chi connectivity index (χ3v) is 2.90. The second-order valence-corrected chi connectivity index (χ2v) is 4.57. The topological polar surface area (TPSA) is 34.2 Å². The summed E-state index contributed by atoms with van der Waals surface area (Å²) in [6, 6.07) is 5.37. The van der Waals surface area contributed by atoms with Gasteiger partial charge in [-0.25, -0.2) is 13.8 Å². The number of benzene rings is 1. The van der Waals surface area contributed by atoms with E-state index in [2.05, 4.69) is 10.3 Å². The maximum Gasteiger partial charge on any atom is 0.224 e. The van der Waals surface area contributed by atoms with Crippen LogP contribution in [0.4, 0.5) is 8.78 Å². The van der Waals surface area contributed by atoms with Crippen LogP contribution in [0.1, 0.15) is 16.8 Å². The fourth-order valence-electron chi connectivity index (χ4n) is 1.96. The molecule has 1 aromatic carbocycles. The molecule has 5 heteroatoms. The van der Waals surface area contributed by atoms with Crippen LogP contribution in [0.15, 0.2) is 24.3 Å². The van der Waals surface area contributed by atoms with Crippen LogP contribution >= 0.6 is 0 Å². The fraction of sp³-hybridized carbons (Fsp3) is 0.267. The molecule has 2 aromatic rings. The van der Waals surface area contributed by atoms with E-state index in [1.54, 1.807) is 0 Å². The van der Waals surface area contributed by atoms with E-state index in [1.807, 2.05) is 27.0 Å². The van der Waals surface area contributed by atoms with Gasteiger partial charge in [-0.2, -0.15) is 0 Å². The van der Waals surface area contributed by atoms with Crippen LogP contribution in [0.5, 0.6) is 11.6 Å². The Labute approximate surface area is 116 Å². The molecule has 0 radical (unpaired) electrons. The summed E-state index contributed by atoms with van der Waals surface area (Å²) in [5.41, 5.74) is 2.73. The summed E-state index contributed by atoms with van der Waals surface area (Å²) < 4.78 is 31.7. The maximum atomic E-state index is 13.2. The van der Waals surface area contributed by atoms with E-state index in [4.69, 9.17) is 4.74 Å². The van der Waals surface area contributed by atoms with Crippen molar-refractivity contribution in [1.82, 2.24) is 10.3 Å². The Kier molecular flexibility index (Phi) is 4.29. The molecular weight excluding hydrogens is 262 g/mol. The van der Waals surface area contributed by atoms with Gasteiger partial charge in [-0.05, 0) is 44.7 Å². The first kappa shape index (κ1) is 14.4. The van der Waals surface area contributed by atoms with Crippen molar-refractivity contribution in [3.8, 4) is 11.6 Å². The summed E-state index contributed by atoms with van der Waals surface area (Å²) in [5.74, 6) is -1.22. The number of aryl methyl sites for hydroxylation is 2. The minimum atomic E-state index is -0.943. The van der Waals surface area contributed by atoms with Gasteiger partial charge >= 0.3 is 0 Å². The standard InChI is InChI=1S/C15H16F2N2O/c1-9-6-10(2)19-15(12(9)8-18-3)20-11-4-5-13(16)14(17)7-11/h4-7,18H,8H2,1-3H3. The van der Waals surface area contributed by atoms with Crippen LogP contribution in [0.2, 0.25) is 0 Å². The number of hydrogen-bond donors (Lipinski definition) is 1. The molecule has 2 rings (SSSR count). The van der Waals surface area contributed by atoms with Gasteiger partial charge in [-0.1, -0.05) is 0 Å². The number of aromatic nitrogens is 1. The molecule has 0 saturated heterocycles. The average Bonchev–Trinajstić information content (AvgIpc) is 2.38. The summed E-state index contributed by atoms with van der Waals surface area (Å²) in [4.78, 5) is 4.32. The lowest BCUT2D eigenvalue weighted by molar-refractivity contribution is 0.439. The van der Waals surface area contributed by atoms with Gasteiger partial charge in [0.1, 0.15) is 5.75 Å². The number of nitrogens with one attached hydrogen (secondary N) is 1. The molecule has 0 atom stereocenters. The minimum Gasteiger partial charge on any atom is -0.439 e. The molecular formula is C15H16F2N2O. The SMILES string of the molecule is CNCc1c(C)cc(C)nc1Oc1ccc(F)c(F)c1. The third kappa shape index (κ3) is 3.11. The summed E-state index contributed by atoms with van der Waals surface area (Å²) in [5, 5.41) is 3.04. The van der Waals surface area contributed by atoms with Crippen molar-refractivity contribution in [3.63, 3.8) is 0 Å². The number of hydrogen-bond acceptors (Lipinski definition) is 3. The zero-order valence-corrected chi connectivity index (χ0v) is 11.6. The molecule has 0 fully saturated rings. The third-order valence-electron chi connectivity index (χ3n) is 2.90. The molecule has 20 heavy (non-hydrogen) atoms. The second-order valence-electron chi connectivity index (χ2n) is 4.57.